The van der Waals surface area contributed by atoms with Crippen molar-refractivity contribution in [3.63, 3.8) is 0 Å². The fourth-order valence-corrected chi connectivity index (χ4v) is 3.23. The number of aliphatic hydroxyl groups excluding tert-OH is 1. The average Bonchev–Trinajstić information content (AvgIpc) is 2.60. The van der Waals surface area contributed by atoms with Gasteiger partial charge in [-0.2, -0.15) is 9.40 Å². The number of aryl methyl sites for hydroxylation is 1. The van der Waals surface area contributed by atoms with Crippen LogP contribution in [-0.2, 0) is 10.0 Å². The molecule has 1 aromatic heterocycles. The minimum Gasteiger partial charge on any atom is -0.395 e. The topological polar surface area (TPSA) is 86.3 Å². The molecular weight excluding hydrogens is 230 g/mol. The van der Waals surface area contributed by atoms with Crippen molar-refractivity contribution in [3.05, 3.63) is 11.9 Å². The Bertz CT molecular complexity index is 439. The van der Waals surface area contributed by atoms with E-state index in [1.165, 1.54) is 10.5 Å². The lowest BCUT2D eigenvalue weighted by Gasteiger charge is -2.24. The maximum atomic E-state index is 12.2. The molecule has 0 atom stereocenters. The zero-order valence-electron chi connectivity index (χ0n) is 9.64. The van der Waals surface area contributed by atoms with Gasteiger partial charge >= 0.3 is 0 Å². The first-order chi connectivity index (χ1) is 7.41. The Morgan fingerprint density at radius 2 is 2.19 bits per heavy atom. The summed E-state index contributed by atoms with van der Waals surface area (Å²) in [6, 6.07) is -0.202. The standard InChI is InChI=1S/C9H17N3O3S/c1-7(2)12(4-5-13)16(14,15)9-6-10-11-8(9)3/h6-7,13H,4-5H2,1-3H3,(H,10,11). The SMILES string of the molecule is Cc1[nH]ncc1S(=O)(=O)N(CCO)C(C)C. The van der Waals surface area contributed by atoms with E-state index in [-0.39, 0.29) is 24.1 Å². The third-order valence-electron chi connectivity index (χ3n) is 2.27. The predicted molar refractivity (Wildman–Crippen MR) is 59.4 cm³/mol. The molecule has 0 aliphatic heterocycles. The van der Waals surface area contributed by atoms with Gasteiger partial charge in [0, 0.05) is 12.6 Å². The minimum absolute atomic E-state index is 0.0879. The van der Waals surface area contributed by atoms with E-state index >= 15 is 0 Å². The van der Waals surface area contributed by atoms with Crippen LogP contribution in [-0.4, -0.2) is 47.2 Å². The van der Waals surface area contributed by atoms with Gasteiger partial charge in [0.25, 0.3) is 0 Å². The number of nitrogens with zero attached hydrogens (tertiary/aromatic N) is 2. The van der Waals surface area contributed by atoms with Crippen molar-refractivity contribution in [3.8, 4) is 0 Å². The Morgan fingerprint density at radius 3 is 2.56 bits per heavy atom. The summed E-state index contributed by atoms with van der Waals surface area (Å²) < 4.78 is 25.7. The first kappa shape index (κ1) is 13.1. The summed E-state index contributed by atoms with van der Waals surface area (Å²) in [7, 11) is -3.57. The third kappa shape index (κ3) is 2.42. The molecule has 6 nitrogen and oxygen atoms in total. The molecule has 0 aromatic carbocycles. The summed E-state index contributed by atoms with van der Waals surface area (Å²) >= 11 is 0. The van der Waals surface area contributed by atoms with E-state index in [1.807, 2.05) is 0 Å². The summed E-state index contributed by atoms with van der Waals surface area (Å²) in [5.41, 5.74) is 0.503. The zero-order valence-corrected chi connectivity index (χ0v) is 10.5. The van der Waals surface area contributed by atoms with Crippen molar-refractivity contribution in [2.75, 3.05) is 13.2 Å². The number of hydrogen-bond donors (Lipinski definition) is 2. The predicted octanol–water partition coefficient (Wildman–Crippen LogP) is 0.110. The van der Waals surface area contributed by atoms with Crippen LogP contribution in [0.5, 0.6) is 0 Å². The molecule has 0 saturated carbocycles. The maximum absolute atomic E-state index is 12.2. The van der Waals surface area contributed by atoms with E-state index in [2.05, 4.69) is 10.2 Å². The first-order valence-corrected chi connectivity index (χ1v) is 6.48. The molecule has 1 aromatic rings. The highest BCUT2D eigenvalue weighted by atomic mass is 32.2. The lowest BCUT2D eigenvalue weighted by Crippen LogP contribution is -2.39. The second-order valence-electron chi connectivity index (χ2n) is 3.79. The average molecular weight is 247 g/mol. The van der Waals surface area contributed by atoms with Crippen LogP contribution in [0, 0.1) is 6.92 Å². The molecule has 16 heavy (non-hydrogen) atoms. The van der Waals surface area contributed by atoms with Gasteiger partial charge in [-0.25, -0.2) is 8.42 Å². The van der Waals surface area contributed by atoms with Gasteiger partial charge in [-0.05, 0) is 20.8 Å². The lowest BCUT2D eigenvalue weighted by molar-refractivity contribution is 0.236. The largest absolute Gasteiger partial charge is 0.395 e. The van der Waals surface area contributed by atoms with Crippen molar-refractivity contribution >= 4 is 10.0 Å². The molecule has 0 unspecified atom stereocenters. The Morgan fingerprint density at radius 1 is 1.56 bits per heavy atom. The number of aromatic amines is 1. The maximum Gasteiger partial charge on any atom is 0.246 e. The van der Waals surface area contributed by atoms with Crippen LogP contribution in [0.25, 0.3) is 0 Å². The van der Waals surface area contributed by atoms with E-state index < -0.39 is 10.0 Å². The molecule has 1 rings (SSSR count). The molecule has 0 fully saturated rings. The molecule has 2 N–H and O–H groups in total. The Hall–Kier alpha value is -0.920. The van der Waals surface area contributed by atoms with Gasteiger partial charge in [0.1, 0.15) is 4.90 Å². The smallest absolute Gasteiger partial charge is 0.246 e. The van der Waals surface area contributed by atoms with Crippen LogP contribution in [0.2, 0.25) is 0 Å². The molecule has 0 saturated heterocycles. The van der Waals surface area contributed by atoms with Gasteiger partial charge in [0.15, 0.2) is 0 Å². The highest BCUT2D eigenvalue weighted by Gasteiger charge is 2.28. The fraction of sp³-hybridized carbons (Fsp3) is 0.667. The summed E-state index contributed by atoms with van der Waals surface area (Å²) in [5, 5.41) is 15.2. The molecule has 92 valence electrons. The second kappa shape index (κ2) is 4.94. The van der Waals surface area contributed by atoms with Gasteiger partial charge in [-0.3, -0.25) is 5.10 Å². The van der Waals surface area contributed by atoms with Gasteiger partial charge in [-0.15, -0.1) is 0 Å². The van der Waals surface area contributed by atoms with Crippen molar-refractivity contribution in [2.24, 2.45) is 0 Å². The van der Waals surface area contributed by atoms with E-state index in [0.29, 0.717) is 5.69 Å². The van der Waals surface area contributed by atoms with E-state index in [0.717, 1.165) is 0 Å². The summed E-state index contributed by atoms with van der Waals surface area (Å²) in [6.07, 6.45) is 1.29. The van der Waals surface area contributed by atoms with Crippen LogP contribution < -0.4 is 0 Å². The lowest BCUT2D eigenvalue weighted by atomic mass is 10.4. The molecule has 0 spiro atoms. The van der Waals surface area contributed by atoms with E-state index in [9.17, 15) is 8.42 Å². The summed E-state index contributed by atoms with van der Waals surface area (Å²) in [5.74, 6) is 0. The normalized spacial score (nSPS) is 12.6. The van der Waals surface area contributed by atoms with Crippen LogP contribution >= 0.6 is 0 Å². The second-order valence-corrected chi connectivity index (χ2v) is 5.65. The Kier molecular flexibility index (Phi) is 4.06. The molecule has 0 aliphatic carbocycles. The van der Waals surface area contributed by atoms with Gasteiger partial charge in [0.05, 0.1) is 18.5 Å². The van der Waals surface area contributed by atoms with E-state index in [4.69, 9.17) is 5.11 Å². The quantitative estimate of drug-likeness (QED) is 0.773. The van der Waals surface area contributed by atoms with Crippen molar-refractivity contribution in [1.29, 1.82) is 0 Å². The number of nitrogens with one attached hydrogen (secondary N) is 1. The minimum atomic E-state index is -3.57. The number of H-pyrrole nitrogens is 1. The van der Waals surface area contributed by atoms with Gasteiger partial charge in [0.2, 0.25) is 10.0 Å². The van der Waals surface area contributed by atoms with Gasteiger partial charge in [-0.1, -0.05) is 0 Å². The number of rotatable bonds is 5. The number of aromatic nitrogens is 2. The molecule has 0 aliphatic rings. The molecule has 0 amide bonds. The number of hydrogen-bond acceptors (Lipinski definition) is 4. The molecule has 7 heteroatoms. The van der Waals surface area contributed by atoms with Crippen LogP contribution in [0.1, 0.15) is 19.5 Å². The van der Waals surface area contributed by atoms with Crippen LogP contribution in [0.4, 0.5) is 0 Å². The highest BCUT2D eigenvalue weighted by molar-refractivity contribution is 7.89. The highest BCUT2D eigenvalue weighted by Crippen LogP contribution is 2.19. The first-order valence-electron chi connectivity index (χ1n) is 5.04. The summed E-state index contributed by atoms with van der Waals surface area (Å²) in [6.45, 7) is 5.07. The monoisotopic (exact) mass is 247 g/mol. The van der Waals surface area contributed by atoms with Gasteiger partial charge < -0.3 is 5.11 Å². The molecular formula is C9H17N3O3S. The third-order valence-corrected chi connectivity index (χ3v) is 4.46. The number of aliphatic hydroxyl groups is 1. The molecule has 0 radical (unpaired) electrons. The van der Waals surface area contributed by atoms with Crippen molar-refractivity contribution in [1.82, 2.24) is 14.5 Å². The summed E-state index contributed by atoms with van der Waals surface area (Å²) in [4.78, 5) is 0.162. The van der Waals surface area contributed by atoms with Crippen molar-refractivity contribution in [2.45, 2.75) is 31.7 Å². The van der Waals surface area contributed by atoms with Crippen LogP contribution in [0.3, 0.4) is 0 Å². The van der Waals surface area contributed by atoms with Crippen LogP contribution in [0.15, 0.2) is 11.1 Å². The fourth-order valence-electron chi connectivity index (χ4n) is 1.48. The molecule has 0 bridgehead atoms. The Balaban J connectivity index is 3.14. The molecule has 1 heterocycles. The zero-order chi connectivity index (χ0) is 12.3. The number of sulfonamides is 1. The van der Waals surface area contributed by atoms with Crippen molar-refractivity contribution < 1.29 is 13.5 Å². The van der Waals surface area contributed by atoms with E-state index in [1.54, 1.807) is 20.8 Å². The Labute approximate surface area is 95.3 Å².